The van der Waals surface area contributed by atoms with Crippen LogP contribution in [0, 0.1) is 6.42 Å². The second kappa shape index (κ2) is 3.58. The summed E-state index contributed by atoms with van der Waals surface area (Å²) in [7, 11) is 0. The third-order valence-corrected chi connectivity index (χ3v) is 2.16. The first kappa shape index (κ1) is 8.27. The van der Waals surface area contributed by atoms with Crippen LogP contribution < -0.4 is 5.73 Å². The van der Waals surface area contributed by atoms with Gasteiger partial charge in [-0.2, -0.15) is 0 Å². The summed E-state index contributed by atoms with van der Waals surface area (Å²) in [5.74, 6) is 0. The maximum atomic E-state index is 5.50. The molecule has 1 nitrogen and oxygen atoms in total. The summed E-state index contributed by atoms with van der Waals surface area (Å²) in [6.45, 7) is 0.591. The van der Waals surface area contributed by atoms with E-state index in [2.05, 4.69) is 42.5 Å². The Morgan fingerprint density at radius 2 is 1.77 bits per heavy atom. The zero-order valence-electron chi connectivity index (χ0n) is 7.40. The Kier molecular flexibility index (Phi) is 2.28. The second-order valence-corrected chi connectivity index (χ2v) is 3.01. The lowest BCUT2D eigenvalue weighted by Crippen LogP contribution is -2.00. The number of fused-ring (bicyclic) bond motifs is 1. The predicted molar refractivity (Wildman–Crippen MR) is 56.4 cm³/mol. The van der Waals surface area contributed by atoms with Crippen molar-refractivity contribution in [2.24, 2.45) is 5.73 Å². The molecular formula is C12H12N. The molecule has 2 rings (SSSR count). The molecule has 0 atom stereocenters. The van der Waals surface area contributed by atoms with Crippen molar-refractivity contribution in [1.29, 1.82) is 0 Å². The average molecular weight is 170 g/mol. The van der Waals surface area contributed by atoms with Crippen molar-refractivity contribution in [3.05, 3.63) is 54.4 Å². The SMILES string of the molecule is NC[CH]c1cccc2ccccc12. The van der Waals surface area contributed by atoms with E-state index in [9.17, 15) is 0 Å². The molecule has 0 fully saturated rings. The van der Waals surface area contributed by atoms with Crippen molar-refractivity contribution >= 4 is 10.8 Å². The normalized spacial score (nSPS) is 10.5. The molecule has 0 bridgehead atoms. The molecule has 13 heavy (non-hydrogen) atoms. The fourth-order valence-electron chi connectivity index (χ4n) is 1.56. The molecule has 0 amide bonds. The van der Waals surface area contributed by atoms with E-state index >= 15 is 0 Å². The average Bonchev–Trinajstić information content (AvgIpc) is 2.19. The minimum Gasteiger partial charge on any atom is -0.330 e. The van der Waals surface area contributed by atoms with E-state index in [1.165, 1.54) is 16.3 Å². The largest absolute Gasteiger partial charge is 0.330 e. The summed E-state index contributed by atoms with van der Waals surface area (Å²) in [6.07, 6.45) is 2.04. The van der Waals surface area contributed by atoms with Crippen LogP contribution >= 0.6 is 0 Å². The van der Waals surface area contributed by atoms with Crippen LogP contribution in [-0.4, -0.2) is 6.54 Å². The van der Waals surface area contributed by atoms with Crippen LogP contribution in [0.2, 0.25) is 0 Å². The Labute approximate surface area is 78.2 Å². The predicted octanol–water partition coefficient (Wildman–Crippen LogP) is 2.35. The molecule has 0 saturated carbocycles. The molecule has 0 unspecified atom stereocenters. The minimum absolute atomic E-state index is 0.591. The van der Waals surface area contributed by atoms with E-state index in [1.54, 1.807) is 0 Å². The van der Waals surface area contributed by atoms with Gasteiger partial charge in [-0.1, -0.05) is 42.5 Å². The molecule has 2 N–H and O–H groups in total. The summed E-state index contributed by atoms with van der Waals surface area (Å²) in [5.41, 5.74) is 6.72. The van der Waals surface area contributed by atoms with Gasteiger partial charge in [-0.15, -0.1) is 0 Å². The summed E-state index contributed by atoms with van der Waals surface area (Å²) in [5, 5.41) is 2.54. The topological polar surface area (TPSA) is 26.0 Å². The van der Waals surface area contributed by atoms with Crippen LogP contribution in [0.3, 0.4) is 0 Å². The van der Waals surface area contributed by atoms with Gasteiger partial charge in [0, 0.05) is 6.42 Å². The van der Waals surface area contributed by atoms with E-state index in [1.807, 2.05) is 6.42 Å². The molecule has 2 aromatic carbocycles. The van der Waals surface area contributed by atoms with E-state index in [4.69, 9.17) is 5.73 Å². The molecule has 0 heterocycles. The highest BCUT2D eigenvalue weighted by Gasteiger charge is 1.97. The molecule has 2 aromatic rings. The van der Waals surface area contributed by atoms with Gasteiger partial charge in [0.15, 0.2) is 0 Å². The van der Waals surface area contributed by atoms with Crippen molar-refractivity contribution < 1.29 is 0 Å². The third-order valence-electron chi connectivity index (χ3n) is 2.16. The molecular weight excluding hydrogens is 158 g/mol. The maximum absolute atomic E-state index is 5.50. The lowest BCUT2D eigenvalue weighted by Gasteiger charge is -2.03. The fourth-order valence-corrected chi connectivity index (χ4v) is 1.56. The number of rotatable bonds is 2. The van der Waals surface area contributed by atoms with E-state index in [0.29, 0.717) is 6.54 Å². The summed E-state index contributed by atoms with van der Waals surface area (Å²) < 4.78 is 0. The molecule has 0 spiro atoms. The third kappa shape index (κ3) is 1.56. The second-order valence-electron chi connectivity index (χ2n) is 3.01. The van der Waals surface area contributed by atoms with Crippen molar-refractivity contribution in [2.75, 3.05) is 6.54 Å². The molecule has 0 aromatic heterocycles. The fraction of sp³-hybridized carbons (Fsp3) is 0.0833. The highest BCUT2D eigenvalue weighted by molar-refractivity contribution is 5.86. The molecule has 0 saturated heterocycles. The van der Waals surface area contributed by atoms with Gasteiger partial charge < -0.3 is 5.73 Å². The van der Waals surface area contributed by atoms with Gasteiger partial charge in [0.2, 0.25) is 0 Å². The zero-order chi connectivity index (χ0) is 9.10. The molecule has 0 aliphatic heterocycles. The maximum Gasteiger partial charge on any atom is 0.00484 e. The van der Waals surface area contributed by atoms with Crippen molar-refractivity contribution in [3.8, 4) is 0 Å². The van der Waals surface area contributed by atoms with Crippen molar-refractivity contribution in [2.45, 2.75) is 0 Å². The van der Waals surface area contributed by atoms with E-state index in [-0.39, 0.29) is 0 Å². The number of hydrogen-bond donors (Lipinski definition) is 1. The Balaban J connectivity index is 2.61. The van der Waals surface area contributed by atoms with Gasteiger partial charge >= 0.3 is 0 Å². The first-order valence-electron chi connectivity index (χ1n) is 4.43. The summed E-state index contributed by atoms with van der Waals surface area (Å²) in [6, 6.07) is 14.6. The van der Waals surface area contributed by atoms with Gasteiger partial charge in [-0.3, -0.25) is 0 Å². The monoisotopic (exact) mass is 170 g/mol. The lowest BCUT2D eigenvalue weighted by molar-refractivity contribution is 1.17. The molecule has 0 aliphatic rings. The van der Waals surface area contributed by atoms with E-state index < -0.39 is 0 Å². The zero-order valence-corrected chi connectivity index (χ0v) is 7.40. The quantitative estimate of drug-likeness (QED) is 0.735. The van der Waals surface area contributed by atoms with E-state index in [0.717, 1.165) is 0 Å². The molecule has 1 radical (unpaired) electrons. The lowest BCUT2D eigenvalue weighted by atomic mass is 10.0. The van der Waals surface area contributed by atoms with Gasteiger partial charge in [-0.05, 0) is 22.9 Å². The first-order valence-corrected chi connectivity index (χ1v) is 4.43. The van der Waals surface area contributed by atoms with Crippen LogP contribution in [0.1, 0.15) is 5.56 Å². The first-order chi connectivity index (χ1) is 6.42. The summed E-state index contributed by atoms with van der Waals surface area (Å²) >= 11 is 0. The molecule has 1 heteroatoms. The Hall–Kier alpha value is -1.34. The van der Waals surface area contributed by atoms with Crippen LogP contribution in [0.4, 0.5) is 0 Å². The molecule has 65 valence electrons. The van der Waals surface area contributed by atoms with Gasteiger partial charge in [0.05, 0.1) is 0 Å². The Morgan fingerprint density at radius 3 is 2.62 bits per heavy atom. The van der Waals surface area contributed by atoms with Crippen molar-refractivity contribution in [1.82, 2.24) is 0 Å². The minimum atomic E-state index is 0.591. The van der Waals surface area contributed by atoms with Gasteiger partial charge in [-0.25, -0.2) is 0 Å². The standard InChI is InChI=1S/C12H12N/c13-9-8-11-6-3-5-10-4-1-2-7-12(10)11/h1-8H,9,13H2. The smallest absolute Gasteiger partial charge is 0.00484 e. The number of hydrogen-bond acceptors (Lipinski definition) is 1. The van der Waals surface area contributed by atoms with Crippen LogP contribution in [0.25, 0.3) is 10.8 Å². The highest BCUT2D eigenvalue weighted by atomic mass is 14.5. The van der Waals surface area contributed by atoms with Gasteiger partial charge in [0.1, 0.15) is 0 Å². The van der Waals surface area contributed by atoms with Crippen LogP contribution in [-0.2, 0) is 0 Å². The van der Waals surface area contributed by atoms with Crippen LogP contribution in [0.15, 0.2) is 42.5 Å². The van der Waals surface area contributed by atoms with Crippen molar-refractivity contribution in [3.63, 3.8) is 0 Å². The number of benzene rings is 2. The Morgan fingerprint density at radius 1 is 1.00 bits per heavy atom. The van der Waals surface area contributed by atoms with Gasteiger partial charge in [0.25, 0.3) is 0 Å². The highest BCUT2D eigenvalue weighted by Crippen LogP contribution is 2.18. The molecule has 0 aliphatic carbocycles. The Bertz CT molecular complexity index is 401. The van der Waals surface area contributed by atoms with Crippen LogP contribution in [0.5, 0.6) is 0 Å². The summed E-state index contributed by atoms with van der Waals surface area (Å²) in [4.78, 5) is 0. The number of nitrogens with two attached hydrogens (primary N) is 1.